The summed E-state index contributed by atoms with van der Waals surface area (Å²) < 4.78 is 68.5. The number of aromatic amines is 1. The fourth-order valence-electron chi connectivity index (χ4n) is 4.94. The fraction of sp³-hybridized carbons (Fsp3) is 0.318. The molecule has 2 aliphatic rings. The molecule has 1 aromatic heterocycles. The largest absolute Gasteiger partial charge is 0.416 e. The van der Waals surface area contributed by atoms with E-state index in [0.717, 1.165) is 45.6 Å². The first-order valence-corrected chi connectivity index (χ1v) is 12.4. The van der Waals surface area contributed by atoms with E-state index < -0.39 is 27.8 Å². The molecule has 3 heterocycles. The normalized spacial score (nSPS) is 23.7. The first-order chi connectivity index (χ1) is 15.1. The summed E-state index contributed by atoms with van der Waals surface area (Å²) in [5.41, 5.74) is 2.01. The SMILES string of the molecule is O=S(=O)(c1ccc(C(F)(F)F)cc1)N1C2Cc3[nH]ncc3C1CC(c1cccc(Br)c1)C2. The number of nitrogens with one attached hydrogen (secondary N) is 1. The van der Waals surface area contributed by atoms with Gasteiger partial charge in [-0.3, -0.25) is 5.10 Å². The Hall–Kier alpha value is -2.17. The molecule has 1 N–H and O–H groups in total. The van der Waals surface area contributed by atoms with E-state index in [1.807, 2.05) is 18.2 Å². The molecule has 1 saturated heterocycles. The molecule has 2 aromatic carbocycles. The minimum absolute atomic E-state index is 0.131. The molecule has 2 aliphatic heterocycles. The number of hydrogen-bond acceptors (Lipinski definition) is 3. The van der Waals surface area contributed by atoms with Crippen molar-refractivity contribution in [1.82, 2.24) is 14.5 Å². The van der Waals surface area contributed by atoms with Gasteiger partial charge in [0.25, 0.3) is 0 Å². The van der Waals surface area contributed by atoms with Crippen molar-refractivity contribution in [3.05, 3.63) is 81.6 Å². The van der Waals surface area contributed by atoms with Crippen LogP contribution in [0.2, 0.25) is 0 Å². The van der Waals surface area contributed by atoms with E-state index >= 15 is 0 Å². The molecule has 0 spiro atoms. The molecule has 2 bridgehead atoms. The van der Waals surface area contributed by atoms with Gasteiger partial charge in [-0.1, -0.05) is 28.1 Å². The lowest BCUT2D eigenvalue weighted by molar-refractivity contribution is -0.137. The van der Waals surface area contributed by atoms with Crippen LogP contribution in [0.5, 0.6) is 0 Å². The summed E-state index contributed by atoms with van der Waals surface area (Å²) in [4.78, 5) is -0.131. The molecular weight excluding hydrogens is 507 g/mol. The van der Waals surface area contributed by atoms with Crippen molar-refractivity contribution < 1.29 is 21.6 Å². The van der Waals surface area contributed by atoms with Crippen molar-refractivity contribution in [2.75, 3.05) is 0 Å². The van der Waals surface area contributed by atoms with Gasteiger partial charge in [-0.15, -0.1) is 0 Å². The van der Waals surface area contributed by atoms with Gasteiger partial charge in [0.05, 0.1) is 22.7 Å². The average molecular weight is 526 g/mol. The molecule has 32 heavy (non-hydrogen) atoms. The van der Waals surface area contributed by atoms with E-state index in [-0.39, 0.29) is 16.9 Å². The average Bonchev–Trinajstić information content (AvgIpc) is 3.21. The summed E-state index contributed by atoms with van der Waals surface area (Å²) in [5.74, 6) is 0.157. The summed E-state index contributed by atoms with van der Waals surface area (Å²) >= 11 is 3.50. The molecule has 3 unspecified atom stereocenters. The molecule has 0 radical (unpaired) electrons. The lowest BCUT2D eigenvalue weighted by Crippen LogP contribution is -2.51. The van der Waals surface area contributed by atoms with E-state index in [1.165, 1.54) is 4.31 Å². The van der Waals surface area contributed by atoms with Crippen molar-refractivity contribution in [3.63, 3.8) is 0 Å². The van der Waals surface area contributed by atoms with Gasteiger partial charge in [-0.05, 0) is 60.7 Å². The Morgan fingerprint density at radius 1 is 1.09 bits per heavy atom. The number of hydrogen-bond donors (Lipinski definition) is 1. The van der Waals surface area contributed by atoms with E-state index in [4.69, 9.17) is 0 Å². The minimum Gasteiger partial charge on any atom is -0.282 e. The number of halogens is 4. The van der Waals surface area contributed by atoms with Crippen LogP contribution in [0, 0.1) is 0 Å². The standard InChI is InChI=1S/C22H19BrF3N3O2S/c23-16-3-1-2-13(8-16)14-9-17-11-20-19(12-27-28-20)21(10-14)29(17)32(30,31)18-6-4-15(5-7-18)22(24,25)26/h1-8,12,14,17,21H,9-11H2,(H,27,28). The van der Waals surface area contributed by atoms with Crippen LogP contribution in [0.3, 0.4) is 0 Å². The molecule has 3 aromatic rings. The van der Waals surface area contributed by atoms with Crippen molar-refractivity contribution in [2.24, 2.45) is 0 Å². The zero-order valence-corrected chi connectivity index (χ0v) is 19.1. The van der Waals surface area contributed by atoms with Crippen LogP contribution < -0.4 is 0 Å². The number of sulfonamides is 1. The number of aromatic nitrogens is 2. The van der Waals surface area contributed by atoms with Crippen LogP contribution in [-0.4, -0.2) is 29.0 Å². The Balaban J connectivity index is 1.53. The predicted molar refractivity (Wildman–Crippen MR) is 115 cm³/mol. The minimum atomic E-state index is -4.52. The Morgan fingerprint density at radius 2 is 1.84 bits per heavy atom. The predicted octanol–water partition coefficient (Wildman–Crippen LogP) is 5.43. The van der Waals surface area contributed by atoms with Crippen LogP contribution >= 0.6 is 15.9 Å². The molecule has 0 saturated carbocycles. The van der Waals surface area contributed by atoms with E-state index in [2.05, 4.69) is 32.2 Å². The van der Waals surface area contributed by atoms with Gasteiger partial charge in [0.1, 0.15) is 0 Å². The zero-order chi connectivity index (χ0) is 22.7. The zero-order valence-electron chi connectivity index (χ0n) is 16.7. The monoisotopic (exact) mass is 525 g/mol. The van der Waals surface area contributed by atoms with Gasteiger partial charge < -0.3 is 0 Å². The highest BCUT2D eigenvalue weighted by Crippen LogP contribution is 2.49. The van der Waals surface area contributed by atoms with E-state index in [0.29, 0.717) is 19.3 Å². The molecule has 0 aliphatic carbocycles. The first kappa shape index (κ1) is 21.7. The molecule has 5 rings (SSSR count). The summed E-state index contributed by atoms with van der Waals surface area (Å²) in [6.07, 6.45) is -1.19. The molecule has 168 valence electrons. The van der Waals surface area contributed by atoms with Crippen LogP contribution in [0.1, 0.15) is 47.2 Å². The highest BCUT2D eigenvalue weighted by Gasteiger charge is 2.48. The van der Waals surface area contributed by atoms with Gasteiger partial charge >= 0.3 is 6.18 Å². The van der Waals surface area contributed by atoms with Crippen molar-refractivity contribution >= 4 is 26.0 Å². The first-order valence-electron chi connectivity index (χ1n) is 10.1. The highest BCUT2D eigenvalue weighted by atomic mass is 79.9. The van der Waals surface area contributed by atoms with Crippen LogP contribution in [0.15, 0.2) is 64.1 Å². The lowest BCUT2D eigenvalue weighted by atomic mass is 9.76. The Labute approximate surface area is 191 Å². The second-order valence-electron chi connectivity index (χ2n) is 8.26. The Bertz CT molecular complexity index is 1260. The van der Waals surface area contributed by atoms with Crippen molar-refractivity contribution in [1.29, 1.82) is 0 Å². The van der Waals surface area contributed by atoms with Gasteiger partial charge in [0.2, 0.25) is 10.0 Å². The molecule has 1 fully saturated rings. The van der Waals surface area contributed by atoms with Gasteiger partial charge in [-0.2, -0.15) is 22.6 Å². The Kier molecular flexibility index (Phi) is 5.22. The third kappa shape index (κ3) is 3.68. The molecule has 10 heteroatoms. The smallest absolute Gasteiger partial charge is 0.282 e. The van der Waals surface area contributed by atoms with Crippen molar-refractivity contribution in [2.45, 2.75) is 48.3 Å². The summed E-state index contributed by atoms with van der Waals surface area (Å²) in [6, 6.07) is 11.0. The topological polar surface area (TPSA) is 66.1 Å². The number of alkyl halides is 3. The van der Waals surface area contributed by atoms with Crippen LogP contribution in [0.4, 0.5) is 13.2 Å². The Morgan fingerprint density at radius 3 is 2.53 bits per heavy atom. The maximum Gasteiger partial charge on any atom is 0.416 e. The fourth-order valence-corrected chi connectivity index (χ4v) is 7.16. The maximum absolute atomic E-state index is 13.6. The van der Waals surface area contributed by atoms with Gasteiger partial charge in [-0.25, -0.2) is 8.42 Å². The highest BCUT2D eigenvalue weighted by molar-refractivity contribution is 9.10. The van der Waals surface area contributed by atoms with Crippen LogP contribution in [0.25, 0.3) is 0 Å². The number of rotatable bonds is 3. The number of fused-ring (bicyclic) bond motifs is 4. The second kappa shape index (κ2) is 7.71. The molecule has 5 nitrogen and oxygen atoms in total. The van der Waals surface area contributed by atoms with Gasteiger partial charge in [0, 0.05) is 28.2 Å². The number of H-pyrrole nitrogens is 1. The van der Waals surface area contributed by atoms with Gasteiger partial charge in [0.15, 0.2) is 0 Å². The summed E-state index contributed by atoms with van der Waals surface area (Å²) in [7, 11) is -4.00. The summed E-state index contributed by atoms with van der Waals surface area (Å²) in [5, 5.41) is 7.11. The van der Waals surface area contributed by atoms with Crippen LogP contribution in [-0.2, 0) is 22.6 Å². The summed E-state index contributed by atoms with van der Waals surface area (Å²) in [6.45, 7) is 0. The third-order valence-electron chi connectivity index (χ3n) is 6.36. The van der Waals surface area contributed by atoms with Crippen molar-refractivity contribution in [3.8, 4) is 0 Å². The number of benzene rings is 2. The second-order valence-corrected chi connectivity index (χ2v) is 11.0. The maximum atomic E-state index is 13.6. The number of piperidine rings is 1. The molecular formula is C22H19BrF3N3O2S. The van der Waals surface area contributed by atoms with E-state index in [9.17, 15) is 21.6 Å². The third-order valence-corrected chi connectivity index (χ3v) is 8.83. The number of nitrogens with zero attached hydrogens (tertiary/aromatic N) is 2. The lowest BCUT2D eigenvalue weighted by Gasteiger charge is -2.47. The quantitative estimate of drug-likeness (QED) is 0.496. The van der Waals surface area contributed by atoms with E-state index in [1.54, 1.807) is 6.20 Å². The molecule has 0 amide bonds. The molecule has 3 atom stereocenters.